The topological polar surface area (TPSA) is 0 Å². The Labute approximate surface area is 148 Å². The first-order chi connectivity index (χ1) is 10.5. The average molecular weight is 331 g/mol. The van der Waals surface area contributed by atoms with Crippen LogP contribution in [0.1, 0.15) is 69.6 Å². The molecule has 0 nitrogen and oxygen atoms in total. The Morgan fingerprint density at radius 1 is 0.870 bits per heavy atom. The van der Waals surface area contributed by atoms with Crippen molar-refractivity contribution in [3.8, 4) is 0 Å². The van der Waals surface area contributed by atoms with E-state index in [1.807, 2.05) is 0 Å². The SMILES string of the molecule is CCCCC(Cc1ccc(C(C)(C)C)cc1)c1ccccc1.Cl. The largest absolute Gasteiger partial charge is 0.147 e. The summed E-state index contributed by atoms with van der Waals surface area (Å²) >= 11 is 0. The first kappa shape index (κ1) is 19.8. The van der Waals surface area contributed by atoms with Gasteiger partial charge in [-0.15, -0.1) is 12.4 Å². The van der Waals surface area contributed by atoms with Crippen LogP contribution in [0.3, 0.4) is 0 Å². The molecule has 1 unspecified atom stereocenters. The summed E-state index contributed by atoms with van der Waals surface area (Å²) in [6, 6.07) is 20.2. The van der Waals surface area contributed by atoms with Gasteiger partial charge in [0, 0.05) is 0 Å². The van der Waals surface area contributed by atoms with Gasteiger partial charge in [-0.2, -0.15) is 0 Å². The van der Waals surface area contributed by atoms with E-state index in [2.05, 4.69) is 82.3 Å². The molecule has 0 saturated carbocycles. The first-order valence-electron chi connectivity index (χ1n) is 8.65. The van der Waals surface area contributed by atoms with Gasteiger partial charge >= 0.3 is 0 Å². The van der Waals surface area contributed by atoms with Crippen molar-refractivity contribution in [3.63, 3.8) is 0 Å². The van der Waals surface area contributed by atoms with Gasteiger partial charge in [0.1, 0.15) is 0 Å². The van der Waals surface area contributed by atoms with Gasteiger partial charge in [0.15, 0.2) is 0 Å². The molecule has 0 N–H and O–H groups in total. The molecule has 2 aromatic carbocycles. The van der Waals surface area contributed by atoms with Crippen LogP contribution in [0, 0.1) is 0 Å². The molecular formula is C22H31Cl. The lowest BCUT2D eigenvalue weighted by molar-refractivity contribution is 0.578. The molecule has 23 heavy (non-hydrogen) atoms. The van der Waals surface area contributed by atoms with E-state index in [1.165, 1.54) is 36.0 Å². The molecule has 0 fully saturated rings. The molecule has 2 rings (SSSR count). The van der Waals surface area contributed by atoms with Crippen LogP contribution in [0.5, 0.6) is 0 Å². The van der Waals surface area contributed by atoms with Crippen LogP contribution in [0.2, 0.25) is 0 Å². The van der Waals surface area contributed by atoms with E-state index in [9.17, 15) is 0 Å². The third-order valence-corrected chi connectivity index (χ3v) is 4.48. The second kappa shape index (κ2) is 9.13. The van der Waals surface area contributed by atoms with E-state index in [0.717, 1.165) is 6.42 Å². The third kappa shape index (κ3) is 6.03. The summed E-state index contributed by atoms with van der Waals surface area (Å²) in [5.74, 6) is 0.640. The fraction of sp³-hybridized carbons (Fsp3) is 0.455. The van der Waals surface area contributed by atoms with Gasteiger partial charge in [0.2, 0.25) is 0 Å². The number of hydrogen-bond donors (Lipinski definition) is 0. The average Bonchev–Trinajstić information content (AvgIpc) is 2.52. The predicted molar refractivity (Wildman–Crippen MR) is 105 cm³/mol. The van der Waals surface area contributed by atoms with E-state index in [-0.39, 0.29) is 17.8 Å². The van der Waals surface area contributed by atoms with Crippen molar-refractivity contribution in [2.45, 2.75) is 64.7 Å². The van der Waals surface area contributed by atoms with Crippen molar-refractivity contribution in [1.29, 1.82) is 0 Å². The van der Waals surface area contributed by atoms with Crippen LogP contribution in [0.4, 0.5) is 0 Å². The summed E-state index contributed by atoms with van der Waals surface area (Å²) in [5.41, 5.74) is 4.59. The number of halogens is 1. The van der Waals surface area contributed by atoms with Crippen LogP contribution in [-0.4, -0.2) is 0 Å². The molecule has 0 aliphatic heterocycles. The number of benzene rings is 2. The van der Waals surface area contributed by atoms with Gasteiger partial charge in [-0.3, -0.25) is 0 Å². The normalized spacial score (nSPS) is 12.5. The molecule has 0 saturated heterocycles. The molecule has 2 aromatic rings. The summed E-state index contributed by atoms with van der Waals surface area (Å²) < 4.78 is 0. The van der Waals surface area contributed by atoms with Gasteiger partial charge < -0.3 is 0 Å². The number of hydrogen-bond acceptors (Lipinski definition) is 0. The van der Waals surface area contributed by atoms with E-state index < -0.39 is 0 Å². The first-order valence-corrected chi connectivity index (χ1v) is 8.65. The van der Waals surface area contributed by atoms with Gasteiger partial charge in [0.05, 0.1) is 0 Å². The smallest absolute Gasteiger partial charge is 0.0121 e. The molecule has 0 aliphatic carbocycles. The molecule has 0 heterocycles. The van der Waals surface area contributed by atoms with Crippen LogP contribution in [0.15, 0.2) is 54.6 Å². The second-order valence-electron chi connectivity index (χ2n) is 7.40. The van der Waals surface area contributed by atoms with Crippen molar-refractivity contribution >= 4 is 12.4 Å². The Morgan fingerprint density at radius 2 is 1.48 bits per heavy atom. The maximum Gasteiger partial charge on any atom is -0.0121 e. The second-order valence-corrected chi connectivity index (χ2v) is 7.40. The van der Waals surface area contributed by atoms with Crippen LogP contribution >= 0.6 is 12.4 Å². The molecule has 126 valence electrons. The minimum atomic E-state index is 0. The zero-order valence-electron chi connectivity index (χ0n) is 15.0. The molecule has 0 amide bonds. The Balaban J connectivity index is 0.00000264. The van der Waals surface area contributed by atoms with Gasteiger partial charge in [-0.1, -0.05) is 95.1 Å². The van der Waals surface area contributed by atoms with Gasteiger partial charge in [-0.25, -0.2) is 0 Å². The monoisotopic (exact) mass is 330 g/mol. The Morgan fingerprint density at radius 3 is 2.00 bits per heavy atom. The minimum absolute atomic E-state index is 0. The van der Waals surface area contributed by atoms with E-state index in [1.54, 1.807) is 0 Å². The van der Waals surface area contributed by atoms with Crippen molar-refractivity contribution in [2.75, 3.05) is 0 Å². The van der Waals surface area contributed by atoms with Gasteiger partial charge in [-0.05, 0) is 40.9 Å². The van der Waals surface area contributed by atoms with Crippen molar-refractivity contribution in [1.82, 2.24) is 0 Å². The number of unbranched alkanes of at least 4 members (excludes halogenated alkanes) is 1. The molecule has 0 aromatic heterocycles. The van der Waals surface area contributed by atoms with E-state index in [0.29, 0.717) is 5.92 Å². The molecule has 1 heteroatoms. The highest BCUT2D eigenvalue weighted by Crippen LogP contribution is 2.28. The number of rotatable bonds is 6. The van der Waals surface area contributed by atoms with Gasteiger partial charge in [0.25, 0.3) is 0 Å². The molecule has 0 bridgehead atoms. The Kier molecular flexibility index (Phi) is 7.85. The van der Waals surface area contributed by atoms with E-state index in [4.69, 9.17) is 0 Å². The highest BCUT2D eigenvalue weighted by Gasteiger charge is 2.15. The lowest BCUT2D eigenvalue weighted by Gasteiger charge is -2.21. The zero-order valence-corrected chi connectivity index (χ0v) is 15.8. The molecule has 0 radical (unpaired) electrons. The molecule has 0 aliphatic rings. The van der Waals surface area contributed by atoms with Crippen molar-refractivity contribution < 1.29 is 0 Å². The predicted octanol–water partition coefficient (Wildman–Crippen LogP) is 6.92. The lowest BCUT2D eigenvalue weighted by atomic mass is 9.84. The summed E-state index contributed by atoms with van der Waals surface area (Å²) in [6.07, 6.45) is 5.00. The maximum absolute atomic E-state index is 2.32. The summed E-state index contributed by atoms with van der Waals surface area (Å²) in [4.78, 5) is 0. The summed E-state index contributed by atoms with van der Waals surface area (Å²) in [5, 5.41) is 0. The summed E-state index contributed by atoms with van der Waals surface area (Å²) in [7, 11) is 0. The van der Waals surface area contributed by atoms with Crippen LogP contribution in [0.25, 0.3) is 0 Å². The maximum atomic E-state index is 2.32. The molecule has 0 spiro atoms. The summed E-state index contributed by atoms with van der Waals surface area (Å²) in [6.45, 7) is 9.10. The highest BCUT2D eigenvalue weighted by molar-refractivity contribution is 5.85. The minimum Gasteiger partial charge on any atom is -0.147 e. The molecular weight excluding hydrogens is 300 g/mol. The standard InChI is InChI=1S/C22H30.ClH/c1-5-6-10-20(19-11-8-7-9-12-19)17-18-13-15-21(16-14-18)22(2,3)4;/h7-9,11-16,20H,5-6,10,17H2,1-4H3;1H. The fourth-order valence-corrected chi connectivity index (χ4v) is 2.99. The third-order valence-electron chi connectivity index (χ3n) is 4.48. The zero-order chi connectivity index (χ0) is 16.0. The lowest BCUT2D eigenvalue weighted by Crippen LogP contribution is -2.11. The Hall–Kier alpha value is -1.27. The Bertz CT molecular complexity index is 549. The quantitative estimate of drug-likeness (QED) is 0.539. The van der Waals surface area contributed by atoms with Crippen molar-refractivity contribution in [2.24, 2.45) is 0 Å². The highest BCUT2D eigenvalue weighted by atomic mass is 35.5. The van der Waals surface area contributed by atoms with Crippen LogP contribution in [-0.2, 0) is 11.8 Å². The van der Waals surface area contributed by atoms with Crippen molar-refractivity contribution in [3.05, 3.63) is 71.3 Å². The fourth-order valence-electron chi connectivity index (χ4n) is 2.99. The molecule has 1 atom stereocenters. The van der Waals surface area contributed by atoms with Crippen LogP contribution < -0.4 is 0 Å². The van der Waals surface area contributed by atoms with E-state index >= 15 is 0 Å².